The molecule has 0 bridgehead atoms. The third-order valence-corrected chi connectivity index (χ3v) is 2.67. The van der Waals surface area contributed by atoms with E-state index in [1.807, 2.05) is 0 Å². The number of nitrogens with one attached hydrogen (secondary N) is 1. The Morgan fingerprint density at radius 1 is 1.22 bits per heavy atom. The summed E-state index contributed by atoms with van der Waals surface area (Å²) in [5.41, 5.74) is 0.942. The average Bonchev–Trinajstić information content (AvgIpc) is 2.35. The Hall–Kier alpha value is -1.16. The van der Waals surface area contributed by atoms with Crippen LogP contribution in [0.5, 0.6) is 5.88 Å². The molecule has 0 aromatic carbocycles. The fourth-order valence-electron chi connectivity index (χ4n) is 1.62. The second-order valence-corrected chi connectivity index (χ2v) is 5.09. The molecule has 4 nitrogen and oxygen atoms in total. The maximum atomic E-state index is 5.61. The SMILES string of the molecule is CCCC(C)COc1cnc(CNC(C)C)cn1. The van der Waals surface area contributed by atoms with Gasteiger partial charge in [-0.25, -0.2) is 4.98 Å². The van der Waals surface area contributed by atoms with Crippen molar-refractivity contribution >= 4 is 0 Å². The van der Waals surface area contributed by atoms with Crippen molar-refractivity contribution in [3.8, 4) is 5.88 Å². The minimum Gasteiger partial charge on any atom is -0.476 e. The summed E-state index contributed by atoms with van der Waals surface area (Å²) >= 11 is 0. The molecule has 0 aliphatic carbocycles. The zero-order chi connectivity index (χ0) is 13.4. The zero-order valence-electron chi connectivity index (χ0n) is 11.9. The van der Waals surface area contributed by atoms with Gasteiger partial charge in [0, 0.05) is 12.6 Å². The van der Waals surface area contributed by atoms with Crippen molar-refractivity contribution < 1.29 is 4.74 Å². The van der Waals surface area contributed by atoms with Crippen LogP contribution in [-0.2, 0) is 6.54 Å². The average molecular weight is 251 g/mol. The second kappa shape index (κ2) is 8.03. The van der Waals surface area contributed by atoms with Crippen LogP contribution in [0, 0.1) is 5.92 Å². The van der Waals surface area contributed by atoms with Gasteiger partial charge >= 0.3 is 0 Å². The van der Waals surface area contributed by atoms with E-state index in [-0.39, 0.29) is 0 Å². The molecule has 1 heterocycles. The van der Waals surface area contributed by atoms with Crippen LogP contribution in [-0.4, -0.2) is 22.6 Å². The Morgan fingerprint density at radius 2 is 2.00 bits per heavy atom. The lowest BCUT2D eigenvalue weighted by molar-refractivity contribution is 0.242. The molecule has 18 heavy (non-hydrogen) atoms. The Labute approximate surface area is 110 Å². The van der Waals surface area contributed by atoms with Crippen LogP contribution in [0.15, 0.2) is 12.4 Å². The molecule has 0 aliphatic rings. The predicted molar refractivity (Wildman–Crippen MR) is 73.6 cm³/mol. The summed E-state index contributed by atoms with van der Waals surface area (Å²) in [5.74, 6) is 1.19. The minimum absolute atomic E-state index is 0.456. The molecule has 4 heteroatoms. The molecule has 102 valence electrons. The van der Waals surface area contributed by atoms with E-state index in [0.717, 1.165) is 12.2 Å². The summed E-state index contributed by atoms with van der Waals surface area (Å²) in [6, 6.07) is 0.456. The summed E-state index contributed by atoms with van der Waals surface area (Å²) in [5, 5.41) is 3.30. The number of hydrogen-bond donors (Lipinski definition) is 1. The minimum atomic E-state index is 0.456. The number of aromatic nitrogens is 2. The molecule has 1 rings (SSSR count). The van der Waals surface area contributed by atoms with Crippen LogP contribution >= 0.6 is 0 Å². The van der Waals surface area contributed by atoms with Crippen LogP contribution in [0.25, 0.3) is 0 Å². The molecular weight excluding hydrogens is 226 g/mol. The smallest absolute Gasteiger partial charge is 0.232 e. The molecule has 0 aliphatic heterocycles. The molecule has 1 aromatic heterocycles. The molecule has 1 N–H and O–H groups in total. The fourth-order valence-corrected chi connectivity index (χ4v) is 1.62. The number of rotatable bonds is 8. The molecule has 0 saturated heterocycles. The summed E-state index contributed by atoms with van der Waals surface area (Å²) in [6.07, 6.45) is 5.85. The lowest BCUT2D eigenvalue weighted by Crippen LogP contribution is -2.22. The molecule has 0 fully saturated rings. The number of ether oxygens (including phenoxy) is 1. The van der Waals surface area contributed by atoms with Gasteiger partial charge in [0.25, 0.3) is 0 Å². The third kappa shape index (κ3) is 5.96. The van der Waals surface area contributed by atoms with E-state index < -0.39 is 0 Å². The molecule has 1 atom stereocenters. The number of hydrogen-bond acceptors (Lipinski definition) is 4. The highest BCUT2D eigenvalue weighted by molar-refractivity contribution is 5.07. The van der Waals surface area contributed by atoms with Gasteiger partial charge in [-0.1, -0.05) is 34.1 Å². The van der Waals surface area contributed by atoms with E-state index in [4.69, 9.17) is 4.74 Å². The van der Waals surface area contributed by atoms with Crippen molar-refractivity contribution in [1.82, 2.24) is 15.3 Å². The second-order valence-electron chi connectivity index (χ2n) is 5.09. The van der Waals surface area contributed by atoms with Crippen molar-refractivity contribution in [3.05, 3.63) is 18.1 Å². The molecule has 1 unspecified atom stereocenters. The molecule has 0 amide bonds. The maximum absolute atomic E-state index is 5.61. The lowest BCUT2D eigenvalue weighted by atomic mass is 10.1. The van der Waals surface area contributed by atoms with E-state index in [1.165, 1.54) is 12.8 Å². The normalized spacial score (nSPS) is 12.7. The fraction of sp³-hybridized carbons (Fsp3) is 0.714. The quantitative estimate of drug-likeness (QED) is 0.771. The van der Waals surface area contributed by atoms with Gasteiger partial charge in [0.05, 0.1) is 24.7 Å². The Morgan fingerprint density at radius 3 is 2.56 bits per heavy atom. The molecular formula is C14H25N3O. The van der Waals surface area contributed by atoms with Gasteiger partial charge in [-0.3, -0.25) is 4.98 Å². The standard InChI is InChI=1S/C14H25N3O/c1-5-6-12(4)10-18-14-9-16-13(8-17-14)7-15-11(2)3/h8-9,11-12,15H,5-7,10H2,1-4H3. The van der Waals surface area contributed by atoms with E-state index >= 15 is 0 Å². The van der Waals surface area contributed by atoms with Crippen molar-refractivity contribution in [2.45, 2.75) is 53.1 Å². The summed E-state index contributed by atoms with van der Waals surface area (Å²) in [7, 11) is 0. The van der Waals surface area contributed by atoms with E-state index in [0.29, 0.717) is 24.4 Å². The highest BCUT2D eigenvalue weighted by Gasteiger charge is 2.04. The van der Waals surface area contributed by atoms with E-state index in [1.54, 1.807) is 12.4 Å². The van der Waals surface area contributed by atoms with Crippen molar-refractivity contribution in [2.24, 2.45) is 5.92 Å². The monoisotopic (exact) mass is 251 g/mol. The van der Waals surface area contributed by atoms with Gasteiger partial charge in [-0.15, -0.1) is 0 Å². The predicted octanol–water partition coefficient (Wildman–Crippen LogP) is 2.79. The summed E-state index contributed by atoms with van der Waals surface area (Å²) in [6.45, 7) is 10.1. The Kier molecular flexibility index (Phi) is 6.65. The first kappa shape index (κ1) is 14.9. The lowest BCUT2D eigenvalue weighted by Gasteiger charge is -2.11. The molecule has 0 saturated carbocycles. The van der Waals surface area contributed by atoms with Crippen molar-refractivity contribution in [1.29, 1.82) is 0 Å². The van der Waals surface area contributed by atoms with Crippen LogP contribution in [0.3, 0.4) is 0 Å². The molecule has 0 spiro atoms. The highest BCUT2D eigenvalue weighted by atomic mass is 16.5. The third-order valence-electron chi connectivity index (χ3n) is 2.67. The molecule has 0 radical (unpaired) electrons. The maximum Gasteiger partial charge on any atom is 0.232 e. The van der Waals surface area contributed by atoms with Gasteiger partial charge in [-0.05, 0) is 12.3 Å². The van der Waals surface area contributed by atoms with Crippen LogP contribution in [0.2, 0.25) is 0 Å². The first-order valence-electron chi connectivity index (χ1n) is 6.79. The number of nitrogens with zero attached hydrogens (tertiary/aromatic N) is 2. The van der Waals surface area contributed by atoms with Gasteiger partial charge in [0.2, 0.25) is 5.88 Å². The first-order valence-corrected chi connectivity index (χ1v) is 6.79. The van der Waals surface area contributed by atoms with Crippen LogP contribution in [0.1, 0.15) is 46.2 Å². The first-order chi connectivity index (χ1) is 8.61. The van der Waals surface area contributed by atoms with E-state index in [2.05, 4.69) is 43.0 Å². The van der Waals surface area contributed by atoms with Crippen molar-refractivity contribution in [2.75, 3.05) is 6.61 Å². The molecule has 1 aromatic rings. The Bertz CT molecular complexity index is 324. The highest BCUT2D eigenvalue weighted by Crippen LogP contribution is 2.09. The summed E-state index contributed by atoms with van der Waals surface area (Å²) in [4.78, 5) is 8.59. The van der Waals surface area contributed by atoms with Gasteiger partial charge < -0.3 is 10.1 Å². The zero-order valence-corrected chi connectivity index (χ0v) is 11.9. The van der Waals surface area contributed by atoms with Crippen molar-refractivity contribution in [3.63, 3.8) is 0 Å². The van der Waals surface area contributed by atoms with Crippen LogP contribution < -0.4 is 10.1 Å². The van der Waals surface area contributed by atoms with Crippen LogP contribution in [0.4, 0.5) is 0 Å². The summed E-state index contributed by atoms with van der Waals surface area (Å²) < 4.78 is 5.61. The van der Waals surface area contributed by atoms with Gasteiger partial charge in [0.15, 0.2) is 0 Å². The van der Waals surface area contributed by atoms with Gasteiger partial charge in [-0.2, -0.15) is 0 Å². The Balaban J connectivity index is 2.35. The topological polar surface area (TPSA) is 47.0 Å². The van der Waals surface area contributed by atoms with Gasteiger partial charge in [0.1, 0.15) is 0 Å². The largest absolute Gasteiger partial charge is 0.476 e. The van der Waals surface area contributed by atoms with E-state index in [9.17, 15) is 0 Å².